The number of halogens is 2. The van der Waals surface area contributed by atoms with Gasteiger partial charge in [-0.3, -0.25) is 19.3 Å². The molecule has 3 aromatic rings. The molecule has 0 amide bonds. The van der Waals surface area contributed by atoms with Gasteiger partial charge in [-0.05, 0) is 48.9 Å². The van der Waals surface area contributed by atoms with Crippen molar-refractivity contribution in [2.75, 3.05) is 39.5 Å². The van der Waals surface area contributed by atoms with Gasteiger partial charge in [0.25, 0.3) is 5.56 Å². The molecule has 0 radical (unpaired) electrons. The van der Waals surface area contributed by atoms with E-state index < -0.39 is 11.9 Å². The van der Waals surface area contributed by atoms with Crippen LogP contribution in [0.15, 0.2) is 47.3 Å². The Kier molecular flexibility index (Phi) is 9.44. The third-order valence-electron chi connectivity index (χ3n) is 6.07. The maximum Gasteiger partial charge on any atom is 0.321 e. The number of aryl methyl sites for hydroxylation is 1. The minimum Gasteiger partial charge on any atom is -0.464 e. The number of hydrogen-bond donors (Lipinski definition) is 1. The van der Waals surface area contributed by atoms with E-state index in [2.05, 4.69) is 15.1 Å². The highest BCUT2D eigenvalue weighted by Crippen LogP contribution is 2.29. The monoisotopic (exact) mass is 534 g/mol. The van der Waals surface area contributed by atoms with Crippen LogP contribution in [0, 0.1) is 6.92 Å². The standard InChI is InChI=1S/C25H27ClN4O5.ClH/c1-16-15-20(29(2)23(16)24(32)17-3-5-18(26)6-4-17)22(19-7-8-21(31)28-27-19)25(33)35-14-11-30-9-12-34-13-10-30;/h3-8,15,22H,9-14H2,1-2H3,(H,28,31);1H. The molecular weight excluding hydrogens is 507 g/mol. The van der Waals surface area contributed by atoms with Gasteiger partial charge in [-0.2, -0.15) is 5.10 Å². The van der Waals surface area contributed by atoms with Gasteiger partial charge in [-0.1, -0.05) is 11.6 Å². The summed E-state index contributed by atoms with van der Waals surface area (Å²) in [5, 5.41) is 7.01. The number of morpholine rings is 1. The van der Waals surface area contributed by atoms with Crippen molar-refractivity contribution in [3.63, 3.8) is 0 Å². The van der Waals surface area contributed by atoms with Crippen molar-refractivity contribution in [2.45, 2.75) is 12.8 Å². The molecule has 0 saturated carbocycles. The van der Waals surface area contributed by atoms with Gasteiger partial charge >= 0.3 is 5.97 Å². The minimum atomic E-state index is -0.924. The maximum absolute atomic E-state index is 13.3. The van der Waals surface area contributed by atoms with Crippen molar-refractivity contribution in [1.29, 1.82) is 0 Å². The number of rotatable bonds is 8. The number of ketones is 1. The first-order chi connectivity index (χ1) is 16.8. The third kappa shape index (κ3) is 6.22. The van der Waals surface area contributed by atoms with Gasteiger partial charge in [0.1, 0.15) is 12.5 Å². The van der Waals surface area contributed by atoms with Crippen molar-refractivity contribution < 1.29 is 19.1 Å². The van der Waals surface area contributed by atoms with E-state index in [9.17, 15) is 14.4 Å². The first kappa shape index (κ1) is 27.6. The predicted molar refractivity (Wildman–Crippen MR) is 137 cm³/mol. The Balaban J connectivity index is 0.00000361. The molecule has 1 fully saturated rings. The fourth-order valence-electron chi connectivity index (χ4n) is 4.22. The highest BCUT2D eigenvalue weighted by Gasteiger charge is 2.31. The molecule has 1 N–H and O–H groups in total. The highest BCUT2D eigenvalue weighted by molar-refractivity contribution is 6.30. The molecule has 192 valence electrons. The van der Waals surface area contributed by atoms with E-state index in [0.29, 0.717) is 53.0 Å². The lowest BCUT2D eigenvalue weighted by molar-refractivity contribution is -0.145. The van der Waals surface area contributed by atoms with Crippen LogP contribution in [0.3, 0.4) is 0 Å². The Morgan fingerprint density at radius 3 is 2.50 bits per heavy atom. The lowest BCUT2D eigenvalue weighted by Crippen LogP contribution is -2.38. The van der Waals surface area contributed by atoms with Crippen molar-refractivity contribution >= 4 is 35.8 Å². The van der Waals surface area contributed by atoms with Gasteiger partial charge in [-0.15, -0.1) is 12.4 Å². The van der Waals surface area contributed by atoms with E-state index in [-0.39, 0.29) is 30.4 Å². The largest absolute Gasteiger partial charge is 0.464 e. The van der Waals surface area contributed by atoms with Gasteiger partial charge < -0.3 is 14.0 Å². The van der Waals surface area contributed by atoms with Gasteiger partial charge in [0.2, 0.25) is 5.78 Å². The summed E-state index contributed by atoms with van der Waals surface area (Å²) in [5.74, 6) is -1.63. The van der Waals surface area contributed by atoms with Crippen LogP contribution in [0.2, 0.25) is 5.02 Å². The van der Waals surface area contributed by atoms with Crippen LogP contribution < -0.4 is 5.56 Å². The molecule has 3 heterocycles. The molecule has 1 aliphatic rings. The molecule has 0 bridgehead atoms. The number of carbonyl (C=O) groups excluding carboxylic acids is 2. The molecule has 1 aliphatic heterocycles. The zero-order valence-electron chi connectivity index (χ0n) is 20.0. The summed E-state index contributed by atoms with van der Waals surface area (Å²) >= 11 is 5.97. The Hall–Kier alpha value is -2.98. The molecule has 1 unspecified atom stereocenters. The Bertz CT molecular complexity index is 1250. The number of ether oxygens (including phenoxy) is 2. The van der Waals surface area contributed by atoms with Gasteiger partial charge in [0.05, 0.1) is 24.6 Å². The van der Waals surface area contributed by atoms with Crippen molar-refractivity contribution in [3.05, 3.63) is 86.0 Å². The molecule has 11 heteroatoms. The average Bonchev–Trinajstić information content (AvgIpc) is 3.14. The topological polar surface area (TPSA) is 107 Å². The van der Waals surface area contributed by atoms with E-state index in [1.165, 1.54) is 12.1 Å². The second-order valence-corrected chi connectivity index (χ2v) is 8.83. The van der Waals surface area contributed by atoms with E-state index >= 15 is 0 Å². The lowest BCUT2D eigenvalue weighted by Gasteiger charge is -2.26. The molecule has 1 saturated heterocycles. The van der Waals surface area contributed by atoms with Crippen LogP contribution in [0.5, 0.6) is 0 Å². The number of benzene rings is 1. The quantitative estimate of drug-likeness (QED) is 0.349. The number of esters is 1. The first-order valence-electron chi connectivity index (χ1n) is 11.3. The Morgan fingerprint density at radius 1 is 1.17 bits per heavy atom. The van der Waals surface area contributed by atoms with Crippen LogP contribution >= 0.6 is 24.0 Å². The van der Waals surface area contributed by atoms with E-state index in [1.807, 2.05) is 6.92 Å². The Morgan fingerprint density at radius 2 is 1.86 bits per heavy atom. The van der Waals surface area contributed by atoms with E-state index in [4.69, 9.17) is 21.1 Å². The summed E-state index contributed by atoms with van der Waals surface area (Å²) in [6, 6.07) is 11.2. The molecular formula is C25H28Cl2N4O5. The number of nitrogens with one attached hydrogen (secondary N) is 1. The number of aromatic nitrogens is 3. The second kappa shape index (κ2) is 12.3. The maximum atomic E-state index is 13.3. The van der Waals surface area contributed by atoms with E-state index in [0.717, 1.165) is 13.1 Å². The smallest absolute Gasteiger partial charge is 0.321 e. The Labute approximate surface area is 219 Å². The normalized spacial score (nSPS) is 14.6. The first-order valence-corrected chi connectivity index (χ1v) is 11.7. The average molecular weight is 535 g/mol. The number of hydrogen-bond acceptors (Lipinski definition) is 7. The predicted octanol–water partition coefficient (Wildman–Crippen LogP) is 2.73. The highest BCUT2D eigenvalue weighted by atomic mass is 35.5. The summed E-state index contributed by atoms with van der Waals surface area (Å²) in [6.45, 7) is 5.50. The van der Waals surface area contributed by atoms with E-state index in [1.54, 1.807) is 41.9 Å². The van der Waals surface area contributed by atoms with Crippen molar-refractivity contribution in [1.82, 2.24) is 19.7 Å². The minimum absolute atomic E-state index is 0. The van der Waals surface area contributed by atoms with Crippen LogP contribution in [0.25, 0.3) is 0 Å². The molecule has 1 atom stereocenters. The van der Waals surface area contributed by atoms with Crippen LogP contribution in [0.1, 0.15) is 38.9 Å². The van der Waals surface area contributed by atoms with Crippen LogP contribution in [-0.4, -0.2) is 70.9 Å². The van der Waals surface area contributed by atoms with Gasteiger partial charge in [-0.25, -0.2) is 5.10 Å². The summed E-state index contributed by atoms with van der Waals surface area (Å²) in [7, 11) is 1.73. The lowest BCUT2D eigenvalue weighted by atomic mass is 10.0. The third-order valence-corrected chi connectivity index (χ3v) is 6.32. The zero-order chi connectivity index (χ0) is 24.9. The second-order valence-electron chi connectivity index (χ2n) is 8.40. The summed E-state index contributed by atoms with van der Waals surface area (Å²) in [4.78, 5) is 40.3. The summed E-state index contributed by atoms with van der Waals surface area (Å²) in [5.41, 5.74) is 2.12. The summed E-state index contributed by atoms with van der Waals surface area (Å²) < 4.78 is 12.7. The van der Waals surface area contributed by atoms with Crippen LogP contribution in [0.4, 0.5) is 0 Å². The van der Waals surface area contributed by atoms with Gasteiger partial charge in [0.15, 0.2) is 0 Å². The molecule has 0 aliphatic carbocycles. The number of H-pyrrole nitrogens is 1. The number of aromatic amines is 1. The van der Waals surface area contributed by atoms with Crippen molar-refractivity contribution in [3.8, 4) is 0 Å². The fourth-order valence-corrected chi connectivity index (χ4v) is 4.35. The van der Waals surface area contributed by atoms with Crippen LogP contribution in [-0.2, 0) is 21.3 Å². The molecule has 2 aromatic heterocycles. The molecule has 36 heavy (non-hydrogen) atoms. The zero-order valence-corrected chi connectivity index (χ0v) is 21.6. The molecule has 1 aromatic carbocycles. The SMILES string of the molecule is Cc1cc(C(C(=O)OCCN2CCOCC2)c2ccc(=O)[nH]n2)n(C)c1C(=O)c1ccc(Cl)cc1.Cl. The fraction of sp³-hybridized carbons (Fsp3) is 0.360. The summed E-state index contributed by atoms with van der Waals surface area (Å²) in [6.07, 6.45) is 0. The number of nitrogens with zero attached hydrogens (tertiary/aromatic N) is 3. The van der Waals surface area contributed by atoms with Crippen molar-refractivity contribution in [2.24, 2.45) is 7.05 Å². The van der Waals surface area contributed by atoms with Gasteiger partial charge in [0, 0.05) is 49.0 Å². The molecule has 0 spiro atoms. The molecule has 9 nitrogen and oxygen atoms in total. The molecule has 4 rings (SSSR count). The number of carbonyl (C=O) groups is 2.